The van der Waals surface area contributed by atoms with Crippen LogP contribution in [0.25, 0.3) is 0 Å². The Balaban J connectivity index is 1.74. The minimum absolute atomic E-state index is 0.138. The predicted octanol–water partition coefficient (Wildman–Crippen LogP) is 3.91. The molecule has 3 atom stereocenters. The molecule has 6 heteroatoms. The van der Waals surface area contributed by atoms with Crippen LogP contribution in [0, 0.1) is 11.8 Å². The van der Waals surface area contributed by atoms with E-state index >= 15 is 0 Å². The number of anilines is 1. The highest BCUT2D eigenvalue weighted by atomic mass is 32.2. The zero-order chi connectivity index (χ0) is 19.8. The Bertz CT molecular complexity index is 869. The molecule has 2 aliphatic heterocycles. The molecular weight excluding hydrogens is 372 g/mol. The molecule has 5 nitrogen and oxygen atoms in total. The maximum atomic E-state index is 13.2. The normalized spacial score (nSPS) is 24.4. The number of rotatable bonds is 5. The van der Waals surface area contributed by atoms with Gasteiger partial charge in [0, 0.05) is 11.4 Å². The van der Waals surface area contributed by atoms with Crippen molar-refractivity contribution >= 4 is 29.3 Å². The predicted molar refractivity (Wildman–Crippen MR) is 110 cm³/mol. The molecule has 0 N–H and O–H groups in total. The molecule has 28 heavy (non-hydrogen) atoms. The van der Waals surface area contributed by atoms with Crippen LogP contribution in [0.3, 0.4) is 0 Å². The molecule has 0 spiro atoms. The number of fused-ring (bicyclic) bond motifs is 1. The SMILES string of the molecule is CSc1ccc([C@H]2[C@@H]3C(=O)N(CC(C)C)C(=O)[C@@H]3ON2c2ccccc2)cc1. The molecule has 2 saturated heterocycles. The molecule has 0 aromatic heterocycles. The zero-order valence-corrected chi connectivity index (χ0v) is 17.1. The second-order valence-corrected chi connectivity index (χ2v) is 8.49. The lowest BCUT2D eigenvalue weighted by Gasteiger charge is -2.29. The van der Waals surface area contributed by atoms with Gasteiger partial charge < -0.3 is 0 Å². The van der Waals surface area contributed by atoms with Crippen molar-refractivity contribution in [2.45, 2.75) is 30.9 Å². The summed E-state index contributed by atoms with van der Waals surface area (Å²) in [4.78, 5) is 34.8. The Morgan fingerprint density at radius 2 is 1.68 bits per heavy atom. The third kappa shape index (κ3) is 3.20. The van der Waals surface area contributed by atoms with Gasteiger partial charge in [-0.3, -0.25) is 19.3 Å². The average molecular weight is 397 g/mol. The monoisotopic (exact) mass is 396 g/mol. The highest BCUT2D eigenvalue weighted by Gasteiger charge is 2.59. The summed E-state index contributed by atoms with van der Waals surface area (Å²) < 4.78 is 0. The molecule has 0 radical (unpaired) electrons. The average Bonchev–Trinajstić information content (AvgIpc) is 3.21. The fourth-order valence-electron chi connectivity index (χ4n) is 3.96. The number of nitrogens with zero attached hydrogens (tertiary/aromatic N) is 2. The number of hydrogen-bond donors (Lipinski definition) is 0. The van der Waals surface area contributed by atoms with Gasteiger partial charge in [0.05, 0.1) is 11.7 Å². The highest BCUT2D eigenvalue weighted by molar-refractivity contribution is 7.98. The number of likely N-dealkylation sites (tertiary alicyclic amines) is 1. The smallest absolute Gasteiger partial charge is 0.262 e. The molecule has 4 rings (SSSR count). The lowest BCUT2D eigenvalue weighted by Crippen LogP contribution is -2.39. The largest absolute Gasteiger partial charge is 0.280 e. The number of imide groups is 1. The molecule has 2 heterocycles. The Morgan fingerprint density at radius 1 is 1.00 bits per heavy atom. The lowest BCUT2D eigenvalue weighted by molar-refractivity contribution is -0.143. The van der Waals surface area contributed by atoms with Gasteiger partial charge >= 0.3 is 0 Å². The minimum atomic E-state index is -0.767. The summed E-state index contributed by atoms with van der Waals surface area (Å²) in [7, 11) is 0. The van der Waals surface area contributed by atoms with Gasteiger partial charge in [0.2, 0.25) is 5.91 Å². The van der Waals surface area contributed by atoms with Gasteiger partial charge in [-0.2, -0.15) is 0 Å². The van der Waals surface area contributed by atoms with Crippen molar-refractivity contribution in [3.05, 3.63) is 60.2 Å². The van der Waals surface area contributed by atoms with Crippen molar-refractivity contribution in [3.8, 4) is 0 Å². The molecule has 2 aromatic rings. The first-order valence-corrected chi connectivity index (χ1v) is 10.7. The molecule has 0 unspecified atom stereocenters. The summed E-state index contributed by atoms with van der Waals surface area (Å²) in [5, 5.41) is 1.74. The number of amides is 2. The first-order valence-electron chi connectivity index (χ1n) is 9.51. The number of thioether (sulfide) groups is 1. The molecule has 2 amide bonds. The summed E-state index contributed by atoms with van der Waals surface area (Å²) >= 11 is 1.67. The van der Waals surface area contributed by atoms with Crippen LogP contribution in [0.4, 0.5) is 5.69 Å². The van der Waals surface area contributed by atoms with Crippen LogP contribution in [-0.2, 0) is 14.4 Å². The number of hydroxylamine groups is 1. The third-order valence-corrected chi connectivity index (χ3v) is 5.97. The van der Waals surface area contributed by atoms with E-state index in [9.17, 15) is 9.59 Å². The van der Waals surface area contributed by atoms with Crippen molar-refractivity contribution in [1.29, 1.82) is 0 Å². The quantitative estimate of drug-likeness (QED) is 0.567. The van der Waals surface area contributed by atoms with Crippen molar-refractivity contribution in [2.24, 2.45) is 11.8 Å². The number of carbonyl (C=O) groups is 2. The van der Waals surface area contributed by atoms with Crippen LogP contribution in [0.1, 0.15) is 25.5 Å². The van der Waals surface area contributed by atoms with E-state index in [1.165, 1.54) is 4.90 Å². The van der Waals surface area contributed by atoms with Crippen LogP contribution in [0.15, 0.2) is 59.5 Å². The van der Waals surface area contributed by atoms with Gasteiger partial charge in [-0.15, -0.1) is 11.8 Å². The number of para-hydroxylation sites is 1. The first kappa shape index (κ1) is 19.0. The molecule has 2 fully saturated rings. The summed E-state index contributed by atoms with van der Waals surface area (Å²) in [5.74, 6) is -0.684. The van der Waals surface area contributed by atoms with E-state index in [2.05, 4.69) is 0 Å². The van der Waals surface area contributed by atoms with Gasteiger partial charge in [0.1, 0.15) is 5.92 Å². The number of benzene rings is 2. The van der Waals surface area contributed by atoms with E-state index in [1.54, 1.807) is 16.8 Å². The second kappa shape index (κ2) is 7.60. The Hall–Kier alpha value is -2.31. The third-order valence-electron chi connectivity index (χ3n) is 5.22. The summed E-state index contributed by atoms with van der Waals surface area (Å²) in [6, 6.07) is 17.5. The topological polar surface area (TPSA) is 49.9 Å². The minimum Gasteiger partial charge on any atom is -0.280 e. The van der Waals surface area contributed by atoms with Crippen molar-refractivity contribution < 1.29 is 14.4 Å². The van der Waals surface area contributed by atoms with Gasteiger partial charge in [0.25, 0.3) is 5.91 Å². The van der Waals surface area contributed by atoms with Crippen LogP contribution in [-0.4, -0.2) is 35.6 Å². The van der Waals surface area contributed by atoms with Crippen molar-refractivity contribution in [1.82, 2.24) is 4.90 Å². The fraction of sp³-hybridized carbons (Fsp3) is 0.364. The fourth-order valence-corrected chi connectivity index (χ4v) is 4.36. The van der Waals surface area contributed by atoms with E-state index in [1.807, 2.05) is 74.7 Å². The van der Waals surface area contributed by atoms with E-state index < -0.39 is 12.0 Å². The van der Waals surface area contributed by atoms with Gasteiger partial charge in [0.15, 0.2) is 6.10 Å². The zero-order valence-electron chi connectivity index (χ0n) is 16.2. The van der Waals surface area contributed by atoms with Gasteiger partial charge in [-0.25, -0.2) is 5.06 Å². The summed E-state index contributed by atoms with van der Waals surface area (Å²) in [6.45, 7) is 4.44. The van der Waals surface area contributed by atoms with Crippen molar-refractivity contribution in [3.63, 3.8) is 0 Å². The Kier molecular flexibility index (Phi) is 5.17. The second-order valence-electron chi connectivity index (χ2n) is 7.61. The van der Waals surface area contributed by atoms with Crippen LogP contribution < -0.4 is 5.06 Å². The summed E-state index contributed by atoms with van der Waals surface area (Å²) in [6.07, 6.45) is 1.26. The van der Waals surface area contributed by atoms with Gasteiger partial charge in [-0.05, 0) is 42.0 Å². The molecule has 2 aliphatic rings. The number of carbonyl (C=O) groups excluding carboxylic acids is 2. The standard InChI is InChI=1S/C22H24N2O3S/c1-14(2)13-23-21(25)18-19(15-9-11-17(28-3)12-10-15)24(27-20(18)22(23)26)16-7-5-4-6-8-16/h4-12,14,18-20H,13H2,1-3H3/t18-,19-,20+/m0/s1. The van der Waals surface area contributed by atoms with E-state index in [0.717, 1.165) is 16.1 Å². The van der Waals surface area contributed by atoms with Gasteiger partial charge in [-0.1, -0.05) is 44.2 Å². The lowest BCUT2D eigenvalue weighted by atomic mass is 9.90. The number of hydrogen-bond acceptors (Lipinski definition) is 5. The van der Waals surface area contributed by atoms with E-state index in [4.69, 9.17) is 4.84 Å². The Morgan fingerprint density at radius 3 is 2.29 bits per heavy atom. The summed E-state index contributed by atoms with van der Waals surface area (Å²) in [5.41, 5.74) is 1.81. The Labute approximate surface area is 169 Å². The molecular formula is C22H24N2O3S. The maximum Gasteiger partial charge on any atom is 0.262 e. The van der Waals surface area contributed by atoms with Crippen LogP contribution >= 0.6 is 11.8 Å². The molecule has 146 valence electrons. The van der Waals surface area contributed by atoms with Crippen molar-refractivity contribution in [2.75, 3.05) is 17.9 Å². The molecule has 0 saturated carbocycles. The molecule has 2 aromatic carbocycles. The van der Waals surface area contributed by atoms with Crippen LogP contribution in [0.2, 0.25) is 0 Å². The first-order chi connectivity index (χ1) is 13.5. The van der Waals surface area contributed by atoms with Crippen LogP contribution in [0.5, 0.6) is 0 Å². The van der Waals surface area contributed by atoms with E-state index in [0.29, 0.717) is 6.54 Å². The molecule has 0 bridgehead atoms. The highest BCUT2D eigenvalue weighted by Crippen LogP contribution is 2.46. The van der Waals surface area contributed by atoms with E-state index in [-0.39, 0.29) is 23.8 Å². The maximum absolute atomic E-state index is 13.2. The molecule has 0 aliphatic carbocycles.